The first-order valence-electron chi connectivity index (χ1n) is 5.57. The van der Waals surface area contributed by atoms with Gasteiger partial charge in [0.15, 0.2) is 0 Å². The first-order chi connectivity index (χ1) is 7.65. The number of rotatable bonds is 3. The molecule has 0 aromatic carbocycles. The second-order valence-corrected chi connectivity index (χ2v) is 3.84. The van der Waals surface area contributed by atoms with E-state index in [9.17, 15) is 9.59 Å². The van der Waals surface area contributed by atoms with Gasteiger partial charge in [-0.2, -0.15) is 0 Å². The standard InChI is InChI=1S/C11H19NO4/c1-4-12-8(10(13)15-2)6-5-7-9(12)11(14)16-3/h8-9H,4-7H2,1-3H3/t8-,9+. The lowest BCUT2D eigenvalue weighted by Gasteiger charge is -2.38. The zero-order chi connectivity index (χ0) is 12.1. The molecule has 2 atom stereocenters. The third kappa shape index (κ3) is 2.52. The average molecular weight is 229 g/mol. The van der Waals surface area contributed by atoms with Crippen LogP contribution in [0.1, 0.15) is 26.2 Å². The van der Waals surface area contributed by atoms with Crippen LogP contribution in [0.3, 0.4) is 0 Å². The largest absolute Gasteiger partial charge is 0.468 e. The van der Waals surface area contributed by atoms with Crippen LogP contribution in [0.4, 0.5) is 0 Å². The summed E-state index contributed by atoms with van der Waals surface area (Å²) >= 11 is 0. The molecule has 1 fully saturated rings. The molecular weight excluding hydrogens is 210 g/mol. The summed E-state index contributed by atoms with van der Waals surface area (Å²) in [5.74, 6) is -0.536. The Balaban J connectivity index is 2.80. The molecule has 16 heavy (non-hydrogen) atoms. The zero-order valence-corrected chi connectivity index (χ0v) is 10.1. The minimum atomic E-state index is -0.312. The Kier molecular flexibility index (Phi) is 4.73. The number of likely N-dealkylation sites (tertiary alicyclic amines) is 1. The lowest BCUT2D eigenvalue weighted by atomic mass is 9.95. The van der Waals surface area contributed by atoms with Crippen molar-refractivity contribution >= 4 is 11.9 Å². The van der Waals surface area contributed by atoms with Gasteiger partial charge in [0.2, 0.25) is 0 Å². The quantitative estimate of drug-likeness (QED) is 0.662. The molecule has 0 N–H and O–H groups in total. The first kappa shape index (κ1) is 13.0. The molecule has 1 aliphatic heterocycles. The van der Waals surface area contributed by atoms with E-state index in [1.54, 1.807) is 0 Å². The van der Waals surface area contributed by atoms with Gasteiger partial charge in [-0.05, 0) is 25.8 Å². The van der Waals surface area contributed by atoms with E-state index in [-0.39, 0.29) is 24.0 Å². The Bertz CT molecular complexity index is 243. The summed E-state index contributed by atoms with van der Waals surface area (Å²) in [5.41, 5.74) is 0. The van der Waals surface area contributed by atoms with E-state index in [0.29, 0.717) is 6.54 Å². The van der Waals surface area contributed by atoms with Crippen molar-refractivity contribution in [3.63, 3.8) is 0 Å². The van der Waals surface area contributed by atoms with Gasteiger partial charge in [-0.3, -0.25) is 14.5 Å². The molecule has 1 rings (SSSR count). The van der Waals surface area contributed by atoms with E-state index < -0.39 is 0 Å². The number of ether oxygens (including phenoxy) is 2. The van der Waals surface area contributed by atoms with Crippen molar-refractivity contribution < 1.29 is 19.1 Å². The zero-order valence-electron chi connectivity index (χ0n) is 10.1. The number of carbonyl (C=O) groups excluding carboxylic acids is 2. The Labute approximate surface area is 95.7 Å². The summed E-state index contributed by atoms with van der Waals surface area (Å²) in [4.78, 5) is 25.0. The molecule has 5 heteroatoms. The van der Waals surface area contributed by atoms with Crippen molar-refractivity contribution in [3.8, 4) is 0 Å². The lowest BCUT2D eigenvalue weighted by Crippen LogP contribution is -2.53. The van der Waals surface area contributed by atoms with Crippen LogP contribution in [0.25, 0.3) is 0 Å². The van der Waals surface area contributed by atoms with E-state index in [1.165, 1.54) is 14.2 Å². The first-order valence-corrected chi connectivity index (χ1v) is 5.57. The van der Waals surface area contributed by atoms with Gasteiger partial charge in [0.25, 0.3) is 0 Å². The van der Waals surface area contributed by atoms with Gasteiger partial charge in [-0.25, -0.2) is 0 Å². The number of esters is 2. The fraction of sp³-hybridized carbons (Fsp3) is 0.818. The number of hydrogen-bond donors (Lipinski definition) is 0. The van der Waals surface area contributed by atoms with Crippen LogP contribution in [-0.2, 0) is 19.1 Å². The Hall–Kier alpha value is -1.10. The summed E-state index contributed by atoms with van der Waals surface area (Å²) in [6.45, 7) is 2.57. The Morgan fingerprint density at radius 1 is 1.12 bits per heavy atom. The highest BCUT2D eigenvalue weighted by molar-refractivity contribution is 5.80. The second kappa shape index (κ2) is 5.84. The molecule has 0 aromatic heterocycles. The fourth-order valence-corrected chi connectivity index (χ4v) is 2.27. The molecule has 0 spiro atoms. The van der Waals surface area contributed by atoms with E-state index in [4.69, 9.17) is 9.47 Å². The Morgan fingerprint density at radius 2 is 1.56 bits per heavy atom. The molecule has 1 aliphatic rings. The van der Waals surface area contributed by atoms with Gasteiger partial charge < -0.3 is 9.47 Å². The minimum absolute atomic E-state index is 0.268. The van der Waals surface area contributed by atoms with E-state index in [2.05, 4.69) is 0 Å². The summed E-state index contributed by atoms with van der Waals surface area (Å²) < 4.78 is 9.50. The number of methoxy groups -OCH3 is 2. The van der Waals surface area contributed by atoms with Crippen LogP contribution < -0.4 is 0 Å². The predicted octanol–water partition coefficient (Wildman–Crippen LogP) is 0.575. The number of likely N-dealkylation sites (N-methyl/N-ethyl adjacent to an activating group) is 1. The van der Waals surface area contributed by atoms with E-state index in [1.807, 2.05) is 11.8 Å². The van der Waals surface area contributed by atoms with Crippen molar-refractivity contribution in [1.29, 1.82) is 0 Å². The summed E-state index contributed by atoms with van der Waals surface area (Å²) in [7, 11) is 2.75. The van der Waals surface area contributed by atoms with Gasteiger partial charge in [-0.15, -0.1) is 0 Å². The molecule has 0 unspecified atom stereocenters. The van der Waals surface area contributed by atoms with Crippen molar-refractivity contribution in [2.75, 3.05) is 20.8 Å². The van der Waals surface area contributed by atoms with Crippen LogP contribution in [0, 0.1) is 0 Å². The molecule has 0 aliphatic carbocycles. The molecule has 0 amide bonds. The number of carbonyl (C=O) groups is 2. The molecule has 0 bridgehead atoms. The molecular formula is C11H19NO4. The molecule has 0 radical (unpaired) electrons. The van der Waals surface area contributed by atoms with Crippen LogP contribution in [-0.4, -0.2) is 49.7 Å². The van der Waals surface area contributed by atoms with E-state index in [0.717, 1.165) is 19.3 Å². The average Bonchev–Trinajstić information content (AvgIpc) is 2.35. The summed E-state index contributed by atoms with van der Waals surface area (Å²) in [6.07, 6.45) is 2.33. The second-order valence-electron chi connectivity index (χ2n) is 3.84. The smallest absolute Gasteiger partial charge is 0.323 e. The number of piperidine rings is 1. The maximum atomic E-state index is 11.6. The highest BCUT2D eigenvalue weighted by atomic mass is 16.5. The molecule has 0 saturated carbocycles. The molecule has 92 valence electrons. The number of nitrogens with zero attached hydrogens (tertiary/aromatic N) is 1. The fourth-order valence-electron chi connectivity index (χ4n) is 2.27. The van der Waals surface area contributed by atoms with Gasteiger partial charge in [0.05, 0.1) is 14.2 Å². The Morgan fingerprint density at radius 3 is 1.88 bits per heavy atom. The van der Waals surface area contributed by atoms with Gasteiger partial charge in [0, 0.05) is 0 Å². The summed E-state index contributed by atoms with van der Waals surface area (Å²) in [5, 5.41) is 0. The molecule has 5 nitrogen and oxygen atoms in total. The van der Waals surface area contributed by atoms with Crippen LogP contribution in [0.5, 0.6) is 0 Å². The van der Waals surface area contributed by atoms with E-state index >= 15 is 0 Å². The minimum Gasteiger partial charge on any atom is -0.468 e. The maximum absolute atomic E-state index is 11.6. The maximum Gasteiger partial charge on any atom is 0.323 e. The van der Waals surface area contributed by atoms with Crippen molar-refractivity contribution in [3.05, 3.63) is 0 Å². The van der Waals surface area contributed by atoms with Crippen molar-refractivity contribution in [2.45, 2.75) is 38.3 Å². The van der Waals surface area contributed by atoms with Crippen LogP contribution in [0.2, 0.25) is 0 Å². The van der Waals surface area contributed by atoms with Gasteiger partial charge >= 0.3 is 11.9 Å². The third-order valence-corrected chi connectivity index (χ3v) is 3.07. The predicted molar refractivity (Wildman–Crippen MR) is 57.8 cm³/mol. The number of hydrogen-bond acceptors (Lipinski definition) is 5. The monoisotopic (exact) mass is 229 g/mol. The normalized spacial score (nSPS) is 26.2. The van der Waals surface area contributed by atoms with Crippen LogP contribution >= 0.6 is 0 Å². The highest BCUT2D eigenvalue weighted by Crippen LogP contribution is 2.24. The lowest BCUT2D eigenvalue weighted by molar-refractivity contribution is -0.157. The van der Waals surface area contributed by atoms with Crippen LogP contribution in [0.15, 0.2) is 0 Å². The van der Waals surface area contributed by atoms with Crippen molar-refractivity contribution in [1.82, 2.24) is 4.90 Å². The topological polar surface area (TPSA) is 55.8 Å². The molecule has 1 saturated heterocycles. The van der Waals surface area contributed by atoms with Crippen molar-refractivity contribution in [2.24, 2.45) is 0 Å². The SMILES string of the molecule is CCN1[C@@H](C(=O)OC)CCC[C@H]1C(=O)OC. The highest BCUT2D eigenvalue weighted by Gasteiger charge is 2.38. The summed E-state index contributed by atoms with van der Waals surface area (Å²) in [6, 6.07) is -0.624. The van der Waals surface area contributed by atoms with Gasteiger partial charge in [-0.1, -0.05) is 6.92 Å². The molecule has 0 aromatic rings. The third-order valence-electron chi connectivity index (χ3n) is 3.07. The molecule has 1 heterocycles. The van der Waals surface area contributed by atoms with Gasteiger partial charge in [0.1, 0.15) is 12.1 Å².